The van der Waals surface area contributed by atoms with Crippen LogP contribution in [0.3, 0.4) is 0 Å². The molecule has 2 heterocycles. The van der Waals surface area contributed by atoms with Crippen LogP contribution in [0.25, 0.3) is 0 Å². The van der Waals surface area contributed by atoms with Gasteiger partial charge in [-0.05, 0) is 50.6 Å². The van der Waals surface area contributed by atoms with Gasteiger partial charge in [-0.2, -0.15) is 11.8 Å². The van der Waals surface area contributed by atoms with E-state index in [1.807, 2.05) is 18.8 Å². The van der Waals surface area contributed by atoms with Crippen LogP contribution in [0.2, 0.25) is 0 Å². The van der Waals surface area contributed by atoms with Crippen molar-refractivity contribution in [2.45, 2.75) is 36.5 Å². The van der Waals surface area contributed by atoms with Crippen LogP contribution >= 0.6 is 11.8 Å². The zero-order valence-corrected chi connectivity index (χ0v) is 17.6. The van der Waals surface area contributed by atoms with E-state index in [1.165, 1.54) is 31.5 Å². The Kier molecular flexibility index (Phi) is 7.85. The highest BCUT2D eigenvalue weighted by Gasteiger charge is 2.32. The molecule has 2 fully saturated rings. The SMILES string of the molecule is CN=C(NCC(c1ccccc1)N1CCCC1)NCC1(SC)CCOCC1. The fourth-order valence-corrected chi connectivity index (χ4v) is 4.83. The van der Waals surface area contributed by atoms with Gasteiger partial charge in [-0.15, -0.1) is 0 Å². The van der Waals surface area contributed by atoms with Gasteiger partial charge in [-0.1, -0.05) is 30.3 Å². The second kappa shape index (κ2) is 10.3. The normalized spacial score (nSPS) is 21.8. The highest BCUT2D eigenvalue weighted by Crippen LogP contribution is 2.33. The van der Waals surface area contributed by atoms with Crippen molar-refractivity contribution in [1.82, 2.24) is 15.5 Å². The van der Waals surface area contributed by atoms with Crippen LogP contribution in [0.1, 0.15) is 37.3 Å². The van der Waals surface area contributed by atoms with Gasteiger partial charge >= 0.3 is 0 Å². The van der Waals surface area contributed by atoms with E-state index in [2.05, 4.69) is 57.1 Å². The van der Waals surface area contributed by atoms with E-state index in [9.17, 15) is 0 Å². The van der Waals surface area contributed by atoms with E-state index in [0.29, 0.717) is 6.04 Å². The minimum absolute atomic E-state index is 0.254. The molecule has 0 spiro atoms. The standard InChI is InChI=1S/C21H34N4OS/c1-22-20(24-17-21(27-2)10-14-26-15-11-21)23-16-19(25-12-6-7-13-25)18-8-4-3-5-9-18/h3-5,8-9,19H,6-7,10-17H2,1-2H3,(H2,22,23,24). The van der Waals surface area contributed by atoms with Crippen LogP contribution in [0.15, 0.2) is 35.3 Å². The molecule has 0 bridgehead atoms. The predicted octanol–water partition coefficient (Wildman–Crippen LogP) is 2.90. The number of nitrogens with zero attached hydrogens (tertiary/aromatic N) is 2. The number of benzene rings is 1. The largest absolute Gasteiger partial charge is 0.381 e. The number of rotatable bonds is 7. The van der Waals surface area contributed by atoms with Gasteiger partial charge in [0.25, 0.3) is 0 Å². The van der Waals surface area contributed by atoms with Crippen LogP contribution in [-0.4, -0.2) is 68.3 Å². The molecule has 27 heavy (non-hydrogen) atoms. The van der Waals surface area contributed by atoms with Crippen molar-refractivity contribution in [3.8, 4) is 0 Å². The summed E-state index contributed by atoms with van der Waals surface area (Å²) < 4.78 is 5.81. The number of hydrogen-bond donors (Lipinski definition) is 2. The van der Waals surface area contributed by atoms with E-state index in [-0.39, 0.29) is 4.75 Å². The summed E-state index contributed by atoms with van der Waals surface area (Å²) in [5.41, 5.74) is 1.38. The number of hydrogen-bond acceptors (Lipinski definition) is 4. The van der Waals surface area contributed by atoms with Crippen molar-refractivity contribution in [1.29, 1.82) is 0 Å². The molecule has 0 aromatic heterocycles. The Labute approximate surface area is 168 Å². The van der Waals surface area contributed by atoms with E-state index in [0.717, 1.165) is 45.1 Å². The summed E-state index contributed by atoms with van der Waals surface area (Å²) in [6.07, 6.45) is 7.00. The van der Waals surface area contributed by atoms with Crippen molar-refractivity contribution in [3.05, 3.63) is 35.9 Å². The molecule has 2 N–H and O–H groups in total. The molecular formula is C21H34N4OS. The Hall–Kier alpha value is -1.24. The second-order valence-electron chi connectivity index (χ2n) is 7.48. The lowest BCUT2D eigenvalue weighted by molar-refractivity contribution is 0.0782. The van der Waals surface area contributed by atoms with E-state index in [1.54, 1.807) is 0 Å². The van der Waals surface area contributed by atoms with Gasteiger partial charge in [0.1, 0.15) is 0 Å². The zero-order valence-electron chi connectivity index (χ0n) is 16.7. The van der Waals surface area contributed by atoms with Crippen molar-refractivity contribution in [2.75, 3.05) is 52.7 Å². The molecule has 1 atom stereocenters. The molecule has 2 aliphatic heterocycles. The topological polar surface area (TPSA) is 48.9 Å². The van der Waals surface area contributed by atoms with Crippen molar-refractivity contribution in [3.63, 3.8) is 0 Å². The average molecular weight is 391 g/mol. The summed E-state index contributed by atoms with van der Waals surface area (Å²) in [5.74, 6) is 0.898. The summed E-state index contributed by atoms with van der Waals surface area (Å²) in [4.78, 5) is 7.06. The third-order valence-electron chi connectivity index (χ3n) is 5.87. The maximum Gasteiger partial charge on any atom is 0.191 e. The molecule has 2 aliphatic rings. The quantitative estimate of drug-likeness (QED) is 0.554. The minimum atomic E-state index is 0.254. The van der Waals surface area contributed by atoms with Gasteiger partial charge in [-0.3, -0.25) is 9.89 Å². The molecule has 6 heteroatoms. The molecule has 0 radical (unpaired) electrons. The average Bonchev–Trinajstić information content (AvgIpc) is 3.26. The van der Waals surface area contributed by atoms with Crippen LogP contribution < -0.4 is 10.6 Å². The maximum absolute atomic E-state index is 5.55. The van der Waals surface area contributed by atoms with Crippen molar-refractivity contribution < 1.29 is 4.74 Å². The van der Waals surface area contributed by atoms with Crippen LogP contribution in [0.4, 0.5) is 0 Å². The molecule has 3 rings (SSSR count). The maximum atomic E-state index is 5.55. The number of guanidine groups is 1. The lowest BCUT2D eigenvalue weighted by Crippen LogP contribution is -2.49. The summed E-state index contributed by atoms with van der Waals surface area (Å²) >= 11 is 1.95. The molecule has 0 amide bonds. The Morgan fingerprint density at radius 3 is 2.52 bits per heavy atom. The number of thioether (sulfide) groups is 1. The number of aliphatic imine (C=N–C) groups is 1. The molecule has 0 aliphatic carbocycles. The van der Waals surface area contributed by atoms with Crippen molar-refractivity contribution in [2.24, 2.45) is 4.99 Å². The minimum Gasteiger partial charge on any atom is -0.381 e. The molecule has 1 aromatic rings. The monoisotopic (exact) mass is 390 g/mol. The van der Waals surface area contributed by atoms with E-state index >= 15 is 0 Å². The number of nitrogens with one attached hydrogen (secondary N) is 2. The lowest BCUT2D eigenvalue weighted by atomic mass is 9.99. The van der Waals surface area contributed by atoms with E-state index in [4.69, 9.17) is 4.74 Å². The van der Waals surface area contributed by atoms with Gasteiger partial charge in [0.2, 0.25) is 0 Å². The Bertz CT molecular complexity index is 583. The van der Waals surface area contributed by atoms with Gasteiger partial charge in [0.05, 0.1) is 6.04 Å². The summed E-state index contributed by atoms with van der Waals surface area (Å²) in [6.45, 7) is 5.89. The van der Waals surface area contributed by atoms with Crippen LogP contribution in [0.5, 0.6) is 0 Å². The zero-order chi connectivity index (χ0) is 19.0. The first kappa shape index (κ1) is 20.5. The fraction of sp³-hybridized carbons (Fsp3) is 0.667. The number of ether oxygens (including phenoxy) is 1. The van der Waals surface area contributed by atoms with Gasteiger partial charge in [0.15, 0.2) is 5.96 Å². The smallest absolute Gasteiger partial charge is 0.191 e. The fourth-order valence-electron chi connectivity index (χ4n) is 4.04. The Balaban J connectivity index is 1.57. The highest BCUT2D eigenvalue weighted by atomic mass is 32.2. The molecule has 1 unspecified atom stereocenters. The first-order chi connectivity index (χ1) is 13.3. The summed E-state index contributed by atoms with van der Waals surface area (Å²) in [6, 6.07) is 11.2. The Morgan fingerprint density at radius 2 is 1.89 bits per heavy atom. The van der Waals surface area contributed by atoms with Gasteiger partial charge in [0, 0.05) is 38.1 Å². The molecular weight excluding hydrogens is 356 g/mol. The van der Waals surface area contributed by atoms with Crippen LogP contribution in [-0.2, 0) is 4.74 Å². The van der Waals surface area contributed by atoms with Gasteiger partial charge < -0.3 is 15.4 Å². The molecule has 2 saturated heterocycles. The first-order valence-corrected chi connectivity index (χ1v) is 11.4. The third-order valence-corrected chi connectivity index (χ3v) is 7.29. The molecule has 150 valence electrons. The van der Waals surface area contributed by atoms with Crippen LogP contribution in [0, 0.1) is 0 Å². The number of likely N-dealkylation sites (tertiary alicyclic amines) is 1. The van der Waals surface area contributed by atoms with Crippen molar-refractivity contribution >= 4 is 17.7 Å². The molecule has 1 aromatic carbocycles. The molecule has 0 saturated carbocycles. The van der Waals surface area contributed by atoms with E-state index < -0.39 is 0 Å². The van der Waals surface area contributed by atoms with Gasteiger partial charge in [-0.25, -0.2) is 0 Å². The second-order valence-corrected chi connectivity index (χ2v) is 8.75. The predicted molar refractivity (Wildman–Crippen MR) is 116 cm³/mol. The first-order valence-electron chi connectivity index (χ1n) is 10.1. The summed E-state index contributed by atoms with van der Waals surface area (Å²) in [7, 11) is 1.86. The third kappa shape index (κ3) is 5.62. The Morgan fingerprint density at radius 1 is 1.19 bits per heavy atom. The molecule has 5 nitrogen and oxygen atoms in total. The summed E-state index contributed by atoms with van der Waals surface area (Å²) in [5, 5.41) is 7.15. The highest BCUT2D eigenvalue weighted by molar-refractivity contribution is 8.00. The lowest BCUT2D eigenvalue weighted by Gasteiger charge is -2.36.